The SMILES string of the molecule is CCC(=O)c1ccc(Oc2cccc(Cl)c2F)cn1. The van der Waals surface area contributed by atoms with Crippen LogP contribution in [0.1, 0.15) is 23.8 Å². The molecule has 1 aromatic heterocycles. The molecule has 0 bridgehead atoms. The Labute approximate surface area is 115 Å². The molecule has 0 unspecified atom stereocenters. The monoisotopic (exact) mass is 279 g/mol. The zero-order valence-electron chi connectivity index (χ0n) is 10.2. The molecule has 1 aromatic carbocycles. The van der Waals surface area contributed by atoms with Crippen LogP contribution in [0.25, 0.3) is 0 Å². The van der Waals surface area contributed by atoms with Crippen LogP contribution in [0.5, 0.6) is 11.5 Å². The molecule has 0 saturated carbocycles. The van der Waals surface area contributed by atoms with Gasteiger partial charge >= 0.3 is 0 Å². The maximum Gasteiger partial charge on any atom is 0.184 e. The van der Waals surface area contributed by atoms with Gasteiger partial charge in [-0.3, -0.25) is 4.79 Å². The van der Waals surface area contributed by atoms with Gasteiger partial charge in [0.25, 0.3) is 0 Å². The van der Waals surface area contributed by atoms with Gasteiger partial charge < -0.3 is 4.74 Å². The van der Waals surface area contributed by atoms with E-state index in [1.165, 1.54) is 18.3 Å². The highest BCUT2D eigenvalue weighted by atomic mass is 35.5. The molecule has 0 aliphatic rings. The summed E-state index contributed by atoms with van der Waals surface area (Å²) in [5, 5.41) is -0.0109. The largest absolute Gasteiger partial charge is 0.453 e. The molecule has 0 aliphatic carbocycles. The second kappa shape index (κ2) is 5.80. The number of carbonyl (C=O) groups excluding carboxylic acids is 1. The van der Waals surface area contributed by atoms with E-state index in [-0.39, 0.29) is 16.6 Å². The molecule has 0 atom stereocenters. The minimum absolute atomic E-state index is 0.0109. The summed E-state index contributed by atoms with van der Waals surface area (Å²) in [6.07, 6.45) is 1.76. The van der Waals surface area contributed by atoms with Crippen molar-refractivity contribution in [3.63, 3.8) is 0 Å². The number of ketones is 1. The van der Waals surface area contributed by atoms with Crippen LogP contribution in [-0.4, -0.2) is 10.8 Å². The Kier molecular flexibility index (Phi) is 4.12. The summed E-state index contributed by atoms with van der Waals surface area (Å²) in [4.78, 5) is 15.4. The number of hydrogen-bond donors (Lipinski definition) is 0. The summed E-state index contributed by atoms with van der Waals surface area (Å²) in [5.41, 5.74) is 0.362. The van der Waals surface area contributed by atoms with Crippen LogP contribution in [0.2, 0.25) is 5.02 Å². The molecule has 0 fully saturated rings. The summed E-state index contributed by atoms with van der Waals surface area (Å²) in [6.45, 7) is 1.76. The first-order valence-corrected chi connectivity index (χ1v) is 6.10. The molecule has 98 valence electrons. The number of halogens is 2. The third kappa shape index (κ3) is 3.09. The zero-order valence-corrected chi connectivity index (χ0v) is 10.9. The minimum atomic E-state index is -0.627. The van der Waals surface area contributed by atoms with Gasteiger partial charge in [0.1, 0.15) is 11.4 Å². The van der Waals surface area contributed by atoms with E-state index in [4.69, 9.17) is 16.3 Å². The third-order valence-corrected chi connectivity index (χ3v) is 2.78. The van der Waals surface area contributed by atoms with Gasteiger partial charge in [0, 0.05) is 6.42 Å². The number of ether oxygens (including phenoxy) is 1. The molecule has 0 aliphatic heterocycles. The fourth-order valence-electron chi connectivity index (χ4n) is 1.48. The number of carbonyl (C=O) groups is 1. The van der Waals surface area contributed by atoms with E-state index >= 15 is 0 Å². The Morgan fingerprint density at radius 2 is 2.16 bits per heavy atom. The predicted molar refractivity (Wildman–Crippen MR) is 70.3 cm³/mol. The molecule has 0 radical (unpaired) electrons. The predicted octanol–water partition coefficient (Wildman–Crippen LogP) is 4.26. The third-order valence-electron chi connectivity index (χ3n) is 2.49. The van der Waals surface area contributed by atoms with Crippen LogP contribution in [0.15, 0.2) is 36.5 Å². The van der Waals surface area contributed by atoms with E-state index in [9.17, 15) is 9.18 Å². The Morgan fingerprint density at radius 1 is 1.37 bits per heavy atom. The molecule has 3 nitrogen and oxygen atoms in total. The first-order valence-electron chi connectivity index (χ1n) is 5.73. The number of aromatic nitrogens is 1. The summed E-state index contributed by atoms with van der Waals surface area (Å²) in [6, 6.07) is 7.60. The quantitative estimate of drug-likeness (QED) is 0.785. The lowest BCUT2D eigenvalue weighted by Crippen LogP contribution is -1.99. The van der Waals surface area contributed by atoms with Crippen LogP contribution in [0, 0.1) is 5.82 Å². The van der Waals surface area contributed by atoms with Gasteiger partial charge in [-0.15, -0.1) is 0 Å². The first kappa shape index (κ1) is 13.5. The standard InChI is InChI=1S/C14H11ClFNO2/c1-2-12(18)11-7-6-9(8-17-11)19-13-5-3-4-10(15)14(13)16/h3-8H,2H2,1H3. The molecule has 2 aromatic rings. The highest BCUT2D eigenvalue weighted by molar-refractivity contribution is 6.30. The summed E-state index contributed by atoms with van der Waals surface area (Å²) in [7, 11) is 0. The molecule has 1 heterocycles. The van der Waals surface area contributed by atoms with E-state index in [0.29, 0.717) is 17.9 Å². The molecule has 0 saturated heterocycles. The second-order valence-electron chi connectivity index (χ2n) is 3.81. The number of rotatable bonds is 4. The minimum Gasteiger partial charge on any atom is -0.453 e. The number of Topliss-reactive ketones (excluding diaryl/α,β-unsaturated/α-hetero) is 1. The van der Waals surface area contributed by atoms with Gasteiger partial charge in [-0.1, -0.05) is 24.6 Å². The van der Waals surface area contributed by atoms with Crippen molar-refractivity contribution in [2.75, 3.05) is 0 Å². The van der Waals surface area contributed by atoms with Crippen LogP contribution >= 0.6 is 11.6 Å². The van der Waals surface area contributed by atoms with Crippen LogP contribution in [0.3, 0.4) is 0 Å². The van der Waals surface area contributed by atoms with Crippen LogP contribution < -0.4 is 4.74 Å². The topological polar surface area (TPSA) is 39.2 Å². The molecule has 0 spiro atoms. The maximum atomic E-state index is 13.6. The number of benzene rings is 1. The second-order valence-corrected chi connectivity index (χ2v) is 4.22. The van der Waals surface area contributed by atoms with Gasteiger partial charge in [-0.05, 0) is 24.3 Å². The summed E-state index contributed by atoms with van der Waals surface area (Å²) < 4.78 is 18.9. The lowest BCUT2D eigenvalue weighted by Gasteiger charge is -2.07. The summed E-state index contributed by atoms with van der Waals surface area (Å²) >= 11 is 5.65. The molecule has 0 amide bonds. The van der Waals surface area contributed by atoms with Crippen molar-refractivity contribution in [2.24, 2.45) is 0 Å². The Hall–Kier alpha value is -1.94. The zero-order chi connectivity index (χ0) is 13.8. The number of hydrogen-bond acceptors (Lipinski definition) is 3. The molecule has 5 heteroatoms. The van der Waals surface area contributed by atoms with Crippen molar-refractivity contribution in [2.45, 2.75) is 13.3 Å². The molecule has 0 N–H and O–H groups in total. The molecular weight excluding hydrogens is 269 g/mol. The Bertz CT molecular complexity index is 599. The van der Waals surface area contributed by atoms with Crippen molar-refractivity contribution < 1.29 is 13.9 Å². The van der Waals surface area contributed by atoms with Crippen molar-refractivity contribution in [3.05, 3.63) is 53.1 Å². The van der Waals surface area contributed by atoms with Crippen LogP contribution in [-0.2, 0) is 0 Å². The first-order chi connectivity index (χ1) is 9.11. The van der Waals surface area contributed by atoms with Gasteiger partial charge in [-0.25, -0.2) is 9.37 Å². The highest BCUT2D eigenvalue weighted by Crippen LogP contribution is 2.28. The summed E-state index contributed by atoms with van der Waals surface area (Å²) in [5.74, 6) is -0.323. The fourth-order valence-corrected chi connectivity index (χ4v) is 1.64. The molecule has 2 rings (SSSR count). The van der Waals surface area contributed by atoms with Crippen molar-refractivity contribution in [1.29, 1.82) is 0 Å². The normalized spacial score (nSPS) is 10.3. The van der Waals surface area contributed by atoms with Crippen molar-refractivity contribution >= 4 is 17.4 Å². The van der Waals surface area contributed by atoms with Crippen molar-refractivity contribution in [3.8, 4) is 11.5 Å². The molecule has 19 heavy (non-hydrogen) atoms. The average Bonchev–Trinajstić information content (AvgIpc) is 2.44. The Balaban J connectivity index is 2.20. The van der Waals surface area contributed by atoms with E-state index in [0.717, 1.165) is 0 Å². The number of pyridine rings is 1. The Morgan fingerprint density at radius 3 is 2.79 bits per heavy atom. The maximum absolute atomic E-state index is 13.6. The van der Waals surface area contributed by atoms with Crippen LogP contribution in [0.4, 0.5) is 4.39 Å². The number of nitrogens with zero attached hydrogens (tertiary/aromatic N) is 1. The van der Waals surface area contributed by atoms with Gasteiger partial charge in [0.05, 0.1) is 11.2 Å². The van der Waals surface area contributed by atoms with E-state index in [1.807, 2.05) is 0 Å². The lowest BCUT2D eigenvalue weighted by molar-refractivity contribution is 0.0983. The fraction of sp³-hybridized carbons (Fsp3) is 0.143. The van der Waals surface area contributed by atoms with Crippen molar-refractivity contribution in [1.82, 2.24) is 4.98 Å². The van der Waals surface area contributed by atoms with E-state index in [2.05, 4.69) is 4.98 Å². The van der Waals surface area contributed by atoms with E-state index in [1.54, 1.807) is 25.1 Å². The van der Waals surface area contributed by atoms with Gasteiger partial charge in [0.2, 0.25) is 0 Å². The van der Waals surface area contributed by atoms with E-state index < -0.39 is 5.82 Å². The highest BCUT2D eigenvalue weighted by Gasteiger charge is 2.09. The van der Waals surface area contributed by atoms with Gasteiger partial charge in [-0.2, -0.15) is 0 Å². The molecular formula is C14H11ClFNO2. The smallest absolute Gasteiger partial charge is 0.184 e. The van der Waals surface area contributed by atoms with Gasteiger partial charge in [0.15, 0.2) is 17.3 Å². The lowest BCUT2D eigenvalue weighted by atomic mass is 10.2. The average molecular weight is 280 g/mol.